The van der Waals surface area contributed by atoms with Gasteiger partial charge in [0.1, 0.15) is 10.7 Å². The highest BCUT2D eigenvalue weighted by atomic mass is 32.1. The first-order valence-corrected chi connectivity index (χ1v) is 9.89. The van der Waals surface area contributed by atoms with Crippen LogP contribution in [0.1, 0.15) is 37.1 Å². The predicted molar refractivity (Wildman–Crippen MR) is 105 cm³/mol. The van der Waals surface area contributed by atoms with Crippen molar-refractivity contribution in [3.8, 4) is 0 Å². The number of nitrogens with one attached hydrogen (secondary N) is 2. The first-order chi connectivity index (χ1) is 13.7. The number of ether oxygens (including phenoxy) is 1. The summed E-state index contributed by atoms with van der Waals surface area (Å²) >= 11 is 1.49. The summed E-state index contributed by atoms with van der Waals surface area (Å²) in [6.07, 6.45) is 1.71. The number of nitrogens with zero attached hydrogens (tertiary/aromatic N) is 2. The van der Waals surface area contributed by atoms with Gasteiger partial charge in [-0.25, -0.2) is 4.98 Å². The van der Waals surface area contributed by atoms with Crippen molar-refractivity contribution in [1.82, 2.24) is 20.2 Å². The smallest absolute Gasteiger partial charge is 0.268 e. The van der Waals surface area contributed by atoms with E-state index in [9.17, 15) is 9.59 Å². The molecule has 2 N–H and O–H groups in total. The summed E-state index contributed by atoms with van der Waals surface area (Å²) in [5, 5.41) is 8.51. The maximum Gasteiger partial charge on any atom is 0.268 e. The monoisotopic (exact) mass is 396 g/mol. The molecule has 3 heterocycles. The van der Waals surface area contributed by atoms with E-state index in [4.69, 9.17) is 4.74 Å². The summed E-state index contributed by atoms with van der Waals surface area (Å²) < 4.78 is 7.39. The molecule has 8 heteroatoms. The number of hydrogen-bond acceptors (Lipinski definition) is 5. The number of thiazole rings is 1. The van der Waals surface area contributed by atoms with Crippen LogP contribution in [0.25, 0.3) is 0 Å². The van der Waals surface area contributed by atoms with Gasteiger partial charge in [0.2, 0.25) is 0 Å². The van der Waals surface area contributed by atoms with Crippen LogP contribution in [0.4, 0.5) is 0 Å². The second-order valence-corrected chi connectivity index (χ2v) is 7.35. The van der Waals surface area contributed by atoms with Crippen LogP contribution >= 0.6 is 11.3 Å². The van der Waals surface area contributed by atoms with Gasteiger partial charge < -0.3 is 19.9 Å². The minimum absolute atomic E-state index is 0.211. The molecular formula is C20H20N4O3S. The molecule has 144 valence electrons. The number of hydrogen-bond donors (Lipinski definition) is 2. The Morgan fingerprint density at radius 2 is 1.96 bits per heavy atom. The lowest BCUT2D eigenvalue weighted by Gasteiger charge is -2.19. The third-order valence-corrected chi connectivity index (χ3v) is 5.34. The first-order valence-electron chi connectivity index (χ1n) is 9.01. The molecule has 7 nitrogen and oxygen atoms in total. The van der Waals surface area contributed by atoms with Crippen molar-refractivity contribution in [1.29, 1.82) is 0 Å². The number of rotatable bonds is 6. The van der Waals surface area contributed by atoms with Gasteiger partial charge in [0.25, 0.3) is 11.8 Å². The molecule has 0 atom stereocenters. The van der Waals surface area contributed by atoms with Crippen molar-refractivity contribution in [3.63, 3.8) is 0 Å². The minimum atomic E-state index is -0.222. The van der Waals surface area contributed by atoms with E-state index in [0.29, 0.717) is 44.1 Å². The third kappa shape index (κ3) is 3.97. The fraction of sp³-hybridized carbons (Fsp3) is 0.250. The van der Waals surface area contributed by atoms with E-state index in [1.807, 2.05) is 40.3 Å². The fourth-order valence-corrected chi connectivity index (χ4v) is 3.73. The summed E-state index contributed by atoms with van der Waals surface area (Å²) in [4.78, 5) is 29.6. The molecule has 0 radical (unpaired) electrons. The predicted octanol–water partition coefficient (Wildman–Crippen LogP) is 2.33. The molecule has 1 aliphatic heterocycles. The molecule has 0 aliphatic carbocycles. The largest absolute Gasteiger partial charge is 0.373 e. The Balaban J connectivity index is 1.51. The zero-order valence-corrected chi connectivity index (χ0v) is 16.0. The number of aromatic nitrogens is 2. The van der Waals surface area contributed by atoms with E-state index >= 15 is 0 Å². The molecular weight excluding hydrogens is 376 g/mol. The van der Waals surface area contributed by atoms with Crippen LogP contribution < -0.4 is 10.6 Å². The Morgan fingerprint density at radius 3 is 2.75 bits per heavy atom. The topological polar surface area (TPSA) is 85.3 Å². The second kappa shape index (κ2) is 8.37. The van der Waals surface area contributed by atoms with E-state index < -0.39 is 0 Å². The van der Waals surface area contributed by atoms with Gasteiger partial charge in [0.05, 0.1) is 31.0 Å². The standard InChI is InChI=1S/C20H20N4O3S/c25-19(22-11-14-4-2-1-3-5-14)15-10-16(24-7-8-27-13-17(15)24)20(26)23-12-18-21-6-9-28-18/h1-6,9-10H,7-8,11-13H2,(H,22,25)(H,23,26). The van der Waals surface area contributed by atoms with Crippen LogP contribution in [0, 0.1) is 0 Å². The van der Waals surface area contributed by atoms with Crippen molar-refractivity contribution in [3.05, 3.63) is 75.5 Å². The van der Waals surface area contributed by atoms with Gasteiger partial charge >= 0.3 is 0 Å². The molecule has 2 aromatic heterocycles. The Labute approximate surface area is 166 Å². The molecule has 1 aromatic carbocycles. The summed E-state index contributed by atoms with van der Waals surface area (Å²) in [7, 11) is 0. The molecule has 0 saturated carbocycles. The Kier molecular flexibility index (Phi) is 5.50. The van der Waals surface area contributed by atoms with Crippen molar-refractivity contribution >= 4 is 23.2 Å². The van der Waals surface area contributed by atoms with Crippen LogP contribution in [0.3, 0.4) is 0 Å². The van der Waals surface area contributed by atoms with Crippen LogP contribution in [0.15, 0.2) is 48.0 Å². The highest BCUT2D eigenvalue weighted by Crippen LogP contribution is 2.21. The molecule has 0 bridgehead atoms. The Hall–Kier alpha value is -2.97. The Morgan fingerprint density at radius 1 is 1.14 bits per heavy atom. The first kappa shape index (κ1) is 18.4. The van der Waals surface area contributed by atoms with Gasteiger partial charge in [-0.3, -0.25) is 9.59 Å². The van der Waals surface area contributed by atoms with Crippen LogP contribution in [-0.2, 0) is 31.0 Å². The number of carbonyl (C=O) groups is 2. The quantitative estimate of drug-likeness (QED) is 0.670. The van der Waals surface area contributed by atoms with Crippen molar-refractivity contribution in [2.24, 2.45) is 0 Å². The van der Waals surface area contributed by atoms with Gasteiger partial charge in [0.15, 0.2) is 0 Å². The SMILES string of the molecule is O=C(NCc1ccccc1)c1cc(C(=O)NCc2nccs2)n2c1COCC2. The van der Waals surface area contributed by atoms with E-state index in [-0.39, 0.29) is 11.8 Å². The lowest BCUT2D eigenvalue weighted by Crippen LogP contribution is -2.28. The third-order valence-electron chi connectivity index (χ3n) is 4.56. The summed E-state index contributed by atoms with van der Waals surface area (Å²) in [5.41, 5.74) is 2.70. The number of benzene rings is 1. The maximum absolute atomic E-state index is 12.8. The van der Waals surface area contributed by atoms with Crippen LogP contribution in [-0.4, -0.2) is 28.0 Å². The molecule has 0 spiro atoms. The van der Waals surface area contributed by atoms with Crippen LogP contribution in [0.2, 0.25) is 0 Å². The second-order valence-electron chi connectivity index (χ2n) is 6.37. The fourth-order valence-electron chi connectivity index (χ4n) is 3.17. The van der Waals surface area contributed by atoms with Crippen LogP contribution in [0.5, 0.6) is 0 Å². The molecule has 2 amide bonds. The van der Waals surface area contributed by atoms with Crippen molar-refractivity contribution < 1.29 is 14.3 Å². The molecule has 28 heavy (non-hydrogen) atoms. The highest BCUT2D eigenvalue weighted by molar-refractivity contribution is 7.09. The van der Waals surface area contributed by atoms with Gasteiger partial charge in [-0.05, 0) is 11.6 Å². The molecule has 3 aromatic rings. The normalized spacial score (nSPS) is 13.0. The lowest BCUT2D eigenvalue weighted by molar-refractivity contribution is 0.0779. The molecule has 0 unspecified atom stereocenters. The average molecular weight is 396 g/mol. The molecule has 0 fully saturated rings. The van der Waals surface area contributed by atoms with Gasteiger partial charge in [-0.1, -0.05) is 30.3 Å². The number of carbonyl (C=O) groups excluding carboxylic acids is 2. The van der Waals surface area contributed by atoms with Crippen molar-refractivity contribution in [2.45, 2.75) is 26.2 Å². The summed E-state index contributed by atoms with van der Waals surface area (Å²) in [6, 6.07) is 11.4. The zero-order chi connectivity index (χ0) is 19.3. The van der Waals surface area contributed by atoms with E-state index in [1.165, 1.54) is 11.3 Å². The van der Waals surface area contributed by atoms with Gasteiger partial charge in [0, 0.05) is 24.7 Å². The molecule has 1 aliphatic rings. The number of amides is 2. The van der Waals surface area contributed by atoms with E-state index in [2.05, 4.69) is 15.6 Å². The van der Waals surface area contributed by atoms with Gasteiger partial charge in [-0.15, -0.1) is 11.3 Å². The summed E-state index contributed by atoms with van der Waals surface area (Å²) in [6.45, 7) is 2.16. The lowest BCUT2D eigenvalue weighted by atomic mass is 10.2. The average Bonchev–Trinajstić information content (AvgIpc) is 3.39. The Bertz CT molecular complexity index is 967. The minimum Gasteiger partial charge on any atom is -0.373 e. The zero-order valence-electron chi connectivity index (χ0n) is 15.2. The highest BCUT2D eigenvalue weighted by Gasteiger charge is 2.25. The van der Waals surface area contributed by atoms with Crippen molar-refractivity contribution in [2.75, 3.05) is 6.61 Å². The van der Waals surface area contributed by atoms with E-state index in [0.717, 1.165) is 16.3 Å². The number of fused-ring (bicyclic) bond motifs is 1. The molecule has 0 saturated heterocycles. The summed E-state index contributed by atoms with van der Waals surface area (Å²) in [5.74, 6) is -0.433. The maximum atomic E-state index is 12.8. The molecule has 4 rings (SSSR count). The van der Waals surface area contributed by atoms with E-state index in [1.54, 1.807) is 12.3 Å². The van der Waals surface area contributed by atoms with Gasteiger partial charge in [-0.2, -0.15) is 0 Å².